The predicted molar refractivity (Wildman–Crippen MR) is 133 cm³/mol. The molecule has 0 amide bonds. The van der Waals surface area contributed by atoms with Crippen molar-refractivity contribution in [1.82, 2.24) is 0 Å². The van der Waals surface area contributed by atoms with Crippen LogP contribution < -0.4 is 0 Å². The minimum atomic E-state index is -1.73. The summed E-state index contributed by atoms with van der Waals surface area (Å²) in [6, 6.07) is 5.97. The Labute approximate surface area is 228 Å². The molecule has 3 aliphatic rings. The number of aliphatic hydroxyl groups is 3. The van der Waals surface area contributed by atoms with E-state index in [1.165, 1.54) is 24.3 Å². The molecule has 4 N–H and O–H groups in total. The van der Waals surface area contributed by atoms with Crippen molar-refractivity contribution < 1.29 is 63.2 Å². The van der Waals surface area contributed by atoms with Crippen LogP contribution in [0.2, 0.25) is 0 Å². The molecule has 0 spiro atoms. The maximum absolute atomic E-state index is 12.5. The molecule has 0 aliphatic carbocycles. The molecule has 2 saturated heterocycles. The van der Waals surface area contributed by atoms with Gasteiger partial charge in [0.2, 0.25) is 12.6 Å². The van der Waals surface area contributed by atoms with Crippen molar-refractivity contribution in [3.8, 4) is 5.75 Å². The van der Waals surface area contributed by atoms with Crippen molar-refractivity contribution in [2.45, 2.75) is 55.9 Å². The number of phenols is 1. The van der Waals surface area contributed by atoms with Crippen molar-refractivity contribution >= 4 is 24.0 Å². The van der Waals surface area contributed by atoms with E-state index in [-0.39, 0.29) is 24.4 Å². The quantitative estimate of drug-likeness (QED) is 0.144. The first kappa shape index (κ1) is 29.2. The van der Waals surface area contributed by atoms with Gasteiger partial charge in [-0.3, -0.25) is 4.79 Å². The zero-order chi connectivity index (χ0) is 29.0. The molecule has 0 saturated carbocycles. The Hall–Kier alpha value is -3.75. The number of ether oxygens (including phenoxy) is 6. The number of rotatable bonds is 8. The van der Waals surface area contributed by atoms with Gasteiger partial charge in [-0.1, -0.05) is 18.2 Å². The average molecular weight is 563 g/mol. The second-order valence-electron chi connectivity index (χ2n) is 9.36. The first-order valence-electron chi connectivity index (χ1n) is 12.4. The van der Waals surface area contributed by atoms with Gasteiger partial charge in [0.1, 0.15) is 29.1 Å². The van der Waals surface area contributed by atoms with E-state index in [0.29, 0.717) is 5.56 Å². The van der Waals surface area contributed by atoms with E-state index >= 15 is 0 Å². The zero-order valence-corrected chi connectivity index (χ0v) is 21.5. The smallest absolute Gasteiger partial charge is 0.340 e. The highest BCUT2D eigenvalue weighted by molar-refractivity contribution is 5.91. The molecule has 13 heteroatoms. The fraction of sp³-hybridized carbons (Fsp3) is 0.444. The number of fused-ring (bicyclic) bond motifs is 1. The predicted octanol–water partition coefficient (Wildman–Crippen LogP) is 0.0640. The van der Waals surface area contributed by atoms with E-state index in [1.54, 1.807) is 12.1 Å². The highest BCUT2D eigenvalue weighted by Crippen LogP contribution is 2.42. The highest BCUT2D eigenvalue weighted by Gasteiger charge is 2.55. The Bertz CT molecular complexity index is 1180. The number of carbonyl (C=O) groups excluding carboxylic acids is 3. The van der Waals surface area contributed by atoms with Crippen LogP contribution in [0, 0.1) is 5.92 Å². The molecule has 1 aromatic rings. The molecule has 8 unspecified atom stereocenters. The van der Waals surface area contributed by atoms with Gasteiger partial charge in [-0.2, -0.15) is 0 Å². The molecule has 3 heterocycles. The van der Waals surface area contributed by atoms with Crippen LogP contribution in [0.3, 0.4) is 0 Å². The van der Waals surface area contributed by atoms with Crippen LogP contribution in [0.5, 0.6) is 5.75 Å². The van der Waals surface area contributed by atoms with E-state index in [4.69, 9.17) is 28.4 Å². The van der Waals surface area contributed by atoms with Gasteiger partial charge >= 0.3 is 17.9 Å². The molecule has 0 aromatic heterocycles. The molecule has 0 radical (unpaired) electrons. The van der Waals surface area contributed by atoms with Crippen molar-refractivity contribution in [3.63, 3.8) is 0 Å². The number of phenolic OH excluding ortho intramolecular Hbond substituents is 1. The van der Waals surface area contributed by atoms with Crippen LogP contribution >= 0.6 is 0 Å². The summed E-state index contributed by atoms with van der Waals surface area (Å²) in [6.45, 7) is 4.00. The molecule has 40 heavy (non-hydrogen) atoms. The summed E-state index contributed by atoms with van der Waals surface area (Å²) in [4.78, 5) is 36.5. The Morgan fingerprint density at radius 1 is 1.18 bits per heavy atom. The summed E-state index contributed by atoms with van der Waals surface area (Å²) in [5.74, 6) is -3.43. The number of aromatic hydroxyl groups is 1. The number of cyclic esters (lactones) is 1. The van der Waals surface area contributed by atoms with E-state index in [0.717, 1.165) is 19.3 Å². The van der Waals surface area contributed by atoms with Crippen molar-refractivity contribution in [3.05, 3.63) is 60.4 Å². The Balaban J connectivity index is 1.52. The summed E-state index contributed by atoms with van der Waals surface area (Å²) in [6.07, 6.45) is -4.10. The third-order valence-electron chi connectivity index (χ3n) is 6.75. The van der Waals surface area contributed by atoms with Crippen LogP contribution in [0.25, 0.3) is 6.08 Å². The molecule has 3 aliphatic heterocycles. The van der Waals surface area contributed by atoms with Crippen molar-refractivity contribution in [2.24, 2.45) is 5.92 Å². The summed E-state index contributed by atoms with van der Waals surface area (Å²) < 4.78 is 32.7. The van der Waals surface area contributed by atoms with Crippen LogP contribution in [0.15, 0.2) is 54.8 Å². The second-order valence-corrected chi connectivity index (χ2v) is 9.36. The SMILES string of the molecule is C=CC1C(OC2OC(CO)C(OC(=O)C=Cc3ccc(O)cc3)C(O)C2OC(C)=O)OC=C2C(=O)OCCC21O. The first-order chi connectivity index (χ1) is 19.1. The van der Waals surface area contributed by atoms with Crippen molar-refractivity contribution in [2.75, 3.05) is 13.2 Å². The largest absolute Gasteiger partial charge is 0.508 e. The standard InChI is InChI=1S/C27H30O13/c1-3-17-25(36-13-18-24(33)35-11-10-27(17,18)34)40-26-23(37-14(2)29)21(32)22(19(12-28)38-26)39-20(31)9-6-15-4-7-16(30)8-5-15/h3-9,13,17,19,21-23,25-26,28,30,32,34H,1,10-12H2,2H3. The third-order valence-corrected chi connectivity index (χ3v) is 6.75. The average Bonchev–Trinajstić information content (AvgIpc) is 2.91. The number of carbonyl (C=O) groups is 3. The minimum Gasteiger partial charge on any atom is -0.508 e. The van der Waals surface area contributed by atoms with Crippen molar-refractivity contribution in [1.29, 1.82) is 0 Å². The summed E-state index contributed by atoms with van der Waals surface area (Å²) in [5.41, 5.74) is -1.28. The van der Waals surface area contributed by atoms with Gasteiger partial charge < -0.3 is 48.8 Å². The fourth-order valence-electron chi connectivity index (χ4n) is 4.72. The van der Waals surface area contributed by atoms with Gasteiger partial charge in [0.05, 0.1) is 25.4 Å². The number of hydrogen-bond acceptors (Lipinski definition) is 13. The van der Waals surface area contributed by atoms with Gasteiger partial charge in [-0.25, -0.2) is 9.59 Å². The zero-order valence-electron chi connectivity index (χ0n) is 21.5. The molecule has 4 rings (SSSR count). The first-order valence-corrected chi connectivity index (χ1v) is 12.4. The lowest BCUT2D eigenvalue weighted by molar-refractivity contribution is -0.345. The molecule has 0 bridgehead atoms. The maximum atomic E-state index is 12.5. The van der Waals surface area contributed by atoms with Gasteiger partial charge in [0.15, 0.2) is 12.2 Å². The molecule has 13 nitrogen and oxygen atoms in total. The molecule has 8 atom stereocenters. The molecule has 2 fully saturated rings. The lowest BCUT2D eigenvalue weighted by Gasteiger charge is -2.47. The van der Waals surface area contributed by atoms with E-state index < -0.39 is 73.0 Å². The van der Waals surface area contributed by atoms with Gasteiger partial charge in [0.25, 0.3) is 0 Å². The van der Waals surface area contributed by atoms with Crippen LogP contribution in [-0.2, 0) is 42.8 Å². The van der Waals surface area contributed by atoms with E-state index in [1.807, 2.05) is 0 Å². The van der Waals surface area contributed by atoms with E-state index in [9.17, 15) is 34.8 Å². The summed E-state index contributed by atoms with van der Waals surface area (Å²) in [5, 5.41) is 41.7. The summed E-state index contributed by atoms with van der Waals surface area (Å²) in [7, 11) is 0. The molecular formula is C27H30O13. The van der Waals surface area contributed by atoms with Gasteiger partial charge in [-0.05, 0) is 23.8 Å². The fourth-order valence-corrected chi connectivity index (χ4v) is 4.72. The van der Waals surface area contributed by atoms with Crippen LogP contribution in [0.4, 0.5) is 0 Å². The van der Waals surface area contributed by atoms with Gasteiger partial charge in [-0.15, -0.1) is 6.58 Å². The number of aliphatic hydroxyl groups excluding tert-OH is 2. The lowest BCUT2D eigenvalue weighted by atomic mass is 9.76. The third kappa shape index (κ3) is 6.03. The van der Waals surface area contributed by atoms with Crippen LogP contribution in [-0.4, -0.2) is 94.1 Å². The van der Waals surface area contributed by atoms with Crippen LogP contribution in [0.1, 0.15) is 18.9 Å². The number of esters is 3. The Kier molecular flexibility index (Phi) is 8.91. The molecular weight excluding hydrogens is 532 g/mol. The normalized spacial score (nSPS) is 33.6. The Morgan fingerprint density at radius 3 is 2.55 bits per heavy atom. The lowest BCUT2D eigenvalue weighted by Crippen LogP contribution is -2.63. The highest BCUT2D eigenvalue weighted by atomic mass is 16.8. The second kappa shape index (κ2) is 12.2. The maximum Gasteiger partial charge on any atom is 0.340 e. The molecule has 216 valence electrons. The number of benzene rings is 1. The Morgan fingerprint density at radius 2 is 1.90 bits per heavy atom. The number of hydrogen-bond donors (Lipinski definition) is 4. The topological polar surface area (TPSA) is 188 Å². The van der Waals surface area contributed by atoms with Gasteiger partial charge in [0, 0.05) is 19.4 Å². The monoisotopic (exact) mass is 562 g/mol. The molecule has 1 aromatic carbocycles. The van der Waals surface area contributed by atoms with E-state index in [2.05, 4.69) is 6.58 Å². The minimum absolute atomic E-state index is 0.0287. The summed E-state index contributed by atoms with van der Waals surface area (Å²) >= 11 is 0.